The van der Waals surface area contributed by atoms with Crippen LogP contribution in [-0.2, 0) is 42.8 Å². The molecule has 0 spiro atoms. The summed E-state index contributed by atoms with van der Waals surface area (Å²) in [6.45, 7) is 9.47. The molecule has 6 rings (SSSR count). The molecule has 15 atom stereocenters. The number of ether oxygens (including phenoxy) is 6. The summed E-state index contributed by atoms with van der Waals surface area (Å²) in [6.07, 6.45) is 3.70. The average Bonchev–Trinajstić information content (AvgIpc) is 3.19. The van der Waals surface area contributed by atoms with Crippen molar-refractivity contribution >= 4 is 17.7 Å². The van der Waals surface area contributed by atoms with Gasteiger partial charge in [0.2, 0.25) is 5.79 Å². The van der Waals surface area contributed by atoms with Crippen LogP contribution in [0, 0.1) is 29.6 Å². The number of piperidine rings is 1. The fourth-order valence-corrected chi connectivity index (χ4v) is 9.94. The van der Waals surface area contributed by atoms with Gasteiger partial charge < -0.3 is 53.7 Å². The Balaban J connectivity index is 1.55. The number of amides is 1. The van der Waals surface area contributed by atoms with Gasteiger partial charge in [0.05, 0.1) is 37.1 Å². The highest BCUT2D eigenvalue weighted by atomic mass is 16.7. The van der Waals surface area contributed by atoms with Crippen molar-refractivity contribution in [2.75, 3.05) is 34.5 Å². The lowest BCUT2D eigenvalue weighted by Crippen LogP contribution is -2.64. The van der Waals surface area contributed by atoms with Gasteiger partial charge in [0, 0.05) is 52.0 Å². The average molecular weight is 808 g/mol. The van der Waals surface area contributed by atoms with E-state index in [9.17, 15) is 34.8 Å². The summed E-state index contributed by atoms with van der Waals surface area (Å²) in [6, 6.07) is -1.14. The largest absolute Gasteiger partial charge is 0.456 e. The summed E-state index contributed by atoms with van der Waals surface area (Å²) in [5.41, 5.74) is 1.65. The summed E-state index contributed by atoms with van der Waals surface area (Å²) < 4.78 is 36.1. The Labute approximate surface area is 338 Å². The molecule has 14 nitrogen and oxygen atoms in total. The molecular formula is C43H69NO13. The zero-order valence-corrected chi connectivity index (χ0v) is 35.3. The fourth-order valence-electron chi connectivity index (χ4n) is 9.94. The number of allylic oxidation sites excluding steroid dienone is 1. The summed E-state index contributed by atoms with van der Waals surface area (Å²) >= 11 is 0. The lowest BCUT2D eigenvalue weighted by atomic mass is 9.80. The van der Waals surface area contributed by atoms with Crippen LogP contribution in [0.1, 0.15) is 105 Å². The second kappa shape index (κ2) is 19.4. The molecule has 0 aromatic rings. The third-order valence-electron chi connectivity index (χ3n) is 13.5. The topological polar surface area (TPSA) is 191 Å². The van der Waals surface area contributed by atoms with E-state index in [1.54, 1.807) is 21.0 Å². The lowest BCUT2D eigenvalue weighted by molar-refractivity contribution is -0.302. The molecule has 5 heterocycles. The number of esters is 1. The first kappa shape index (κ1) is 45.8. The molecule has 5 aliphatic heterocycles. The highest BCUT2D eigenvalue weighted by molar-refractivity contribution is 6.39. The van der Waals surface area contributed by atoms with Gasteiger partial charge in [-0.2, -0.15) is 0 Å². The maximum Gasteiger partial charge on any atom is 0.329 e. The molecule has 3 saturated heterocycles. The van der Waals surface area contributed by atoms with Gasteiger partial charge >= 0.3 is 5.97 Å². The maximum atomic E-state index is 14.4. The zero-order chi connectivity index (χ0) is 41.8. The van der Waals surface area contributed by atoms with E-state index in [4.69, 9.17) is 28.4 Å². The lowest BCUT2D eigenvalue weighted by Gasteiger charge is -2.47. The van der Waals surface area contributed by atoms with E-state index in [0.717, 1.165) is 5.57 Å². The van der Waals surface area contributed by atoms with Gasteiger partial charge in [0.15, 0.2) is 5.79 Å². The Hall–Kier alpha value is -2.27. The number of aliphatic hydroxyl groups is 4. The molecule has 4 N–H and O–H groups in total. The van der Waals surface area contributed by atoms with Crippen LogP contribution < -0.4 is 0 Å². The normalized spacial score (nSPS) is 43.5. The van der Waals surface area contributed by atoms with Gasteiger partial charge in [-0.3, -0.25) is 9.59 Å². The molecule has 0 radical (unpaired) electrons. The van der Waals surface area contributed by atoms with Crippen LogP contribution in [0.5, 0.6) is 0 Å². The van der Waals surface area contributed by atoms with E-state index in [-0.39, 0.29) is 50.4 Å². The minimum absolute atomic E-state index is 0.00402. The predicted molar refractivity (Wildman–Crippen MR) is 208 cm³/mol. The Morgan fingerprint density at radius 1 is 0.930 bits per heavy atom. The predicted octanol–water partition coefficient (Wildman–Crippen LogP) is 3.60. The molecular weight excluding hydrogens is 738 g/mol. The number of carbonyl (C=O) groups is 3. The maximum absolute atomic E-state index is 14.4. The van der Waals surface area contributed by atoms with Crippen molar-refractivity contribution in [1.82, 2.24) is 4.90 Å². The van der Waals surface area contributed by atoms with Gasteiger partial charge in [-0.05, 0) is 94.1 Å². The minimum Gasteiger partial charge on any atom is -0.456 e. The standard InChI is InChI=1S/C43H69NO13/c1-9-30-20-29-16-24(2)17-35(53-7)38-36(54-8)19-26(4)43(51,57-38)39(47)40(48)44-15-11-10-12-31(44)41(49)56-37(27(5)33(46)22-42(30,50)55-23-29)25(3)18-28-13-14-32(45)34(21-28)52-6/h18,20,24,26-28,30-38,45-46,50-51H,9-17,19,21-23H2,1-8H3/b25-18+/t24-,26+,27+,28-,30+,31-,32?,33-,34+,35-,36-,37+,38+,42?,43+/m0/s1. The van der Waals surface area contributed by atoms with Gasteiger partial charge in [0.25, 0.3) is 11.7 Å². The number of Topliss-reactive ketones (excluding diaryl/α,β-unsaturated/α-hetero) is 1. The number of aliphatic hydroxyl groups excluding tert-OH is 2. The molecule has 0 aromatic carbocycles. The van der Waals surface area contributed by atoms with Crippen molar-refractivity contribution in [3.8, 4) is 0 Å². The van der Waals surface area contributed by atoms with E-state index in [2.05, 4.69) is 6.92 Å². The van der Waals surface area contributed by atoms with Gasteiger partial charge in [-0.1, -0.05) is 39.8 Å². The Kier molecular flexibility index (Phi) is 15.6. The molecule has 4 fully saturated rings. The number of carbonyl (C=O) groups excluding carboxylic acids is 3. The number of ketones is 1. The minimum atomic E-state index is -2.51. The van der Waals surface area contributed by atoms with Crippen LogP contribution in [0.25, 0.3) is 0 Å². The number of methoxy groups -OCH3 is 3. The second-order valence-electron chi connectivity index (χ2n) is 17.6. The number of nitrogens with zero attached hydrogens (tertiary/aromatic N) is 1. The van der Waals surface area contributed by atoms with Gasteiger partial charge in [0.1, 0.15) is 18.2 Å². The number of hydrogen-bond acceptors (Lipinski definition) is 13. The van der Waals surface area contributed by atoms with Crippen LogP contribution in [0.4, 0.5) is 0 Å². The number of fused-ring (bicyclic) bond motifs is 11. The highest BCUT2D eigenvalue weighted by Gasteiger charge is 2.57. The van der Waals surface area contributed by atoms with E-state index in [1.807, 2.05) is 26.0 Å². The number of hydrogen-bond donors (Lipinski definition) is 4. The molecule has 0 aromatic heterocycles. The smallest absolute Gasteiger partial charge is 0.329 e. The molecule has 324 valence electrons. The Bertz CT molecular complexity index is 1470. The second-order valence-corrected chi connectivity index (χ2v) is 17.6. The highest BCUT2D eigenvalue weighted by Crippen LogP contribution is 2.41. The fraction of sp³-hybridized carbons (Fsp3) is 0.837. The third kappa shape index (κ3) is 10.0. The molecule has 4 bridgehead atoms. The van der Waals surface area contributed by atoms with Crippen molar-refractivity contribution in [2.45, 2.75) is 166 Å². The van der Waals surface area contributed by atoms with Gasteiger partial charge in [-0.25, -0.2) is 4.79 Å². The van der Waals surface area contributed by atoms with Crippen molar-refractivity contribution in [2.24, 2.45) is 29.6 Å². The molecule has 14 heteroatoms. The quantitative estimate of drug-likeness (QED) is 0.173. The molecule has 1 aliphatic carbocycles. The van der Waals surface area contributed by atoms with E-state index < -0.39 is 89.7 Å². The van der Waals surface area contributed by atoms with Crippen LogP contribution in [0.15, 0.2) is 23.3 Å². The van der Waals surface area contributed by atoms with Crippen molar-refractivity contribution < 1.29 is 63.2 Å². The van der Waals surface area contributed by atoms with Crippen LogP contribution in [-0.4, -0.2) is 138 Å². The van der Waals surface area contributed by atoms with Gasteiger partial charge in [-0.15, -0.1) is 0 Å². The van der Waals surface area contributed by atoms with E-state index in [1.165, 1.54) is 19.1 Å². The number of rotatable bonds is 6. The van der Waals surface area contributed by atoms with Crippen LogP contribution in [0.2, 0.25) is 0 Å². The summed E-state index contributed by atoms with van der Waals surface area (Å²) in [5.74, 6) is -9.10. The molecule has 1 amide bonds. The molecule has 2 unspecified atom stereocenters. The summed E-state index contributed by atoms with van der Waals surface area (Å²) in [5, 5.41) is 46.4. The summed E-state index contributed by atoms with van der Waals surface area (Å²) in [7, 11) is 4.63. The first-order valence-electron chi connectivity index (χ1n) is 21.1. The van der Waals surface area contributed by atoms with Crippen LogP contribution in [0.3, 0.4) is 0 Å². The molecule has 57 heavy (non-hydrogen) atoms. The molecule has 6 aliphatic rings. The Morgan fingerprint density at radius 2 is 1.61 bits per heavy atom. The third-order valence-corrected chi connectivity index (χ3v) is 13.5. The first-order valence-corrected chi connectivity index (χ1v) is 21.1. The van der Waals surface area contributed by atoms with Crippen molar-refractivity contribution in [1.29, 1.82) is 0 Å². The van der Waals surface area contributed by atoms with E-state index >= 15 is 0 Å². The molecule has 1 saturated carbocycles. The zero-order valence-electron chi connectivity index (χ0n) is 35.3. The monoisotopic (exact) mass is 807 g/mol. The van der Waals surface area contributed by atoms with Crippen molar-refractivity contribution in [3.63, 3.8) is 0 Å². The SMILES string of the molecule is CC[C@@H]1C=C2COC1(O)C[C@H](O)[C@@H](C)[C@@H](/C(C)=C/[C@@H]1CCC(O)[C@H](OC)C1)OC(=O)[C@@H]1CCCCN1C(=O)C(=O)[C@]1(O)O[C@H]([C@@H](OC)C[C@@H](C)C2)[C@@H](OC)C[C@H]1C. The summed E-state index contributed by atoms with van der Waals surface area (Å²) in [4.78, 5) is 44.0. The first-order chi connectivity index (χ1) is 27.0. The van der Waals surface area contributed by atoms with Crippen molar-refractivity contribution in [3.05, 3.63) is 23.3 Å². The van der Waals surface area contributed by atoms with Crippen LogP contribution >= 0.6 is 0 Å². The van der Waals surface area contributed by atoms with E-state index in [0.29, 0.717) is 56.9 Å². The Morgan fingerprint density at radius 3 is 2.28 bits per heavy atom.